The van der Waals surface area contributed by atoms with Crippen molar-refractivity contribution in [2.45, 2.75) is 19.5 Å². The number of hydrogen-bond acceptors (Lipinski definition) is 4. The van der Waals surface area contributed by atoms with Crippen LogP contribution in [0.1, 0.15) is 6.92 Å². The van der Waals surface area contributed by atoms with Crippen LogP contribution < -0.4 is 10.5 Å². The van der Waals surface area contributed by atoms with E-state index < -0.39 is 0 Å². The molecule has 5 nitrogen and oxygen atoms in total. The predicted molar refractivity (Wildman–Crippen MR) is 64.1 cm³/mol. The highest BCUT2D eigenvalue weighted by Crippen LogP contribution is 2.23. The lowest BCUT2D eigenvalue weighted by molar-refractivity contribution is 0.454. The van der Waals surface area contributed by atoms with E-state index in [1.165, 1.54) is 0 Å². The van der Waals surface area contributed by atoms with Gasteiger partial charge in [0.25, 0.3) is 0 Å². The largest absolute Gasteiger partial charge is 0.508 e. The maximum atomic E-state index is 9.30. The summed E-state index contributed by atoms with van der Waals surface area (Å²) in [5.41, 5.74) is 5.67. The highest BCUT2D eigenvalue weighted by Gasteiger charge is 2.03. The van der Waals surface area contributed by atoms with Crippen LogP contribution in [0.5, 0.6) is 17.2 Å². The molecule has 0 bridgehead atoms. The molecule has 1 unspecified atom stereocenters. The Hall–Kier alpha value is -2.01. The minimum atomic E-state index is 0.0449. The summed E-state index contributed by atoms with van der Waals surface area (Å²) in [5.74, 6) is 1.37. The van der Waals surface area contributed by atoms with E-state index in [0.29, 0.717) is 18.0 Å². The van der Waals surface area contributed by atoms with Crippen LogP contribution in [-0.2, 0) is 6.54 Å². The van der Waals surface area contributed by atoms with Gasteiger partial charge >= 0.3 is 0 Å². The molecule has 3 N–H and O–H groups in total. The molecule has 0 radical (unpaired) electrons. The molecule has 0 spiro atoms. The smallest absolute Gasteiger partial charge is 0.165 e. The molecule has 0 saturated heterocycles. The number of benzene rings is 1. The van der Waals surface area contributed by atoms with E-state index in [9.17, 15) is 5.11 Å². The lowest BCUT2D eigenvalue weighted by atomic mass is 10.3. The van der Waals surface area contributed by atoms with Gasteiger partial charge in [-0.05, 0) is 19.1 Å². The normalized spacial score (nSPS) is 12.4. The van der Waals surface area contributed by atoms with Gasteiger partial charge in [0, 0.05) is 12.1 Å². The maximum absolute atomic E-state index is 9.30. The van der Waals surface area contributed by atoms with Gasteiger partial charge in [-0.15, -0.1) is 0 Å². The number of nitrogens with zero attached hydrogens (tertiary/aromatic N) is 2. The topological polar surface area (TPSA) is 73.3 Å². The first kappa shape index (κ1) is 11.5. The Morgan fingerprint density at radius 2 is 2.29 bits per heavy atom. The zero-order valence-corrected chi connectivity index (χ0v) is 9.58. The Bertz CT molecular complexity index is 494. The molecule has 90 valence electrons. The van der Waals surface area contributed by atoms with E-state index in [1.54, 1.807) is 41.3 Å². The van der Waals surface area contributed by atoms with Crippen LogP contribution in [0, 0.1) is 0 Å². The van der Waals surface area contributed by atoms with Gasteiger partial charge in [0.05, 0.1) is 18.9 Å². The first-order valence-corrected chi connectivity index (χ1v) is 5.38. The van der Waals surface area contributed by atoms with Crippen LogP contribution in [0.3, 0.4) is 0 Å². The van der Waals surface area contributed by atoms with E-state index in [0.717, 1.165) is 0 Å². The number of phenols is 1. The van der Waals surface area contributed by atoms with Crippen LogP contribution in [0.15, 0.2) is 36.7 Å². The fourth-order valence-electron chi connectivity index (χ4n) is 1.48. The number of ether oxygens (including phenoxy) is 1. The molecule has 0 saturated carbocycles. The molecule has 5 heteroatoms. The van der Waals surface area contributed by atoms with Crippen molar-refractivity contribution in [2.24, 2.45) is 5.73 Å². The van der Waals surface area contributed by atoms with Crippen molar-refractivity contribution in [1.29, 1.82) is 0 Å². The summed E-state index contributed by atoms with van der Waals surface area (Å²) in [6.45, 7) is 2.56. The molecule has 0 aliphatic heterocycles. The van der Waals surface area contributed by atoms with Gasteiger partial charge in [-0.1, -0.05) is 6.07 Å². The summed E-state index contributed by atoms with van der Waals surface area (Å²) >= 11 is 0. The van der Waals surface area contributed by atoms with Crippen LogP contribution in [0.2, 0.25) is 0 Å². The Morgan fingerprint density at radius 1 is 1.47 bits per heavy atom. The monoisotopic (exact) mass is 233 g/mol. The predicted octanol–water partition coefficient (Wildman–Crippen LogP) is 1.73. The molecule has 2 rings (SSSR count). The first-order valence-electron chi connectivity index (χ1n) is 5.38. The SMILES string of the molecule is CC(N)Cn1cc(Oc2cccc(O)c2)cn1. The average molecular weight is 233 g/mol. The summed E-state index contributed by atoms with van der Waals surface area (Å²) in [4.78, 5) is 0. The first-order chi connectivity index (χ1) is 8.13. The van der Waals surface area contributed by atoms with E-state index >= 15 is 0 Å². The van der Waals surface area contributed by atoms with Gasteiger partial charge in [0.15, 0.2) is 5.75 Å². The zero-order chi connectivity index (χ0) is 12.3. The second kappa shape index (κ2) is 4.88. The highest BCUT2D eigenvalue weighted by atomic mass is 16.5. The van der Waals surface area contributed by atoms with E-state index in [-0.39, 0.29) is 11.8 Å². The van der Waals surface area contributed by atoms with Gasteiger partial charge in [-0.2, -0.15) is 5.10 Å². The highest BCUT2D eigenvalue weighted by molar-refractivity contribution is 5.34. The van der Waals surface area contributed by atoms with Crippen molar-refractivity contribution >= 4 is 0 Å². The van der Waals surface area contributed by atoms with Crippen molar-refractivity contribution in [3.8, 4) is 17.2 Å². The van der Waals surface area contributed by atoms with E-state index in [2.05, 4.69) is 5.10 Å². The molecule has 0 fully saturated rings. The molecule has 1 heterocycles. The second-order valence-corrected chi connectivity index (χ2v) is 3.97. The van der Waals surface area contributed by atoms with Crippen molar-refractivity contribution in [3.05, 3.63) is 36.7 Å². The minimum Gasteiger partial charge on any atom is -0.508 e. The van der Waals surface area contributed by atoms with Crippen molar-refractivity contribution in [2.75, 3.05) is 0 Å². The summed E-state index contributed by atoms with van der Waals surface area (Å²) in [5, 5.41) is 13.4. The molecule has 1 aromatic heterocycles. The fraction of sp³-hybridized carbons (Fsp3) is 0.250. The van der Waals surface area contributed by atoms with Crippen LogP contribution in [-0.4, -0.2) is 20.9 Å². The third kappa shape index (κ3) is 3.22. The Balaban J connectivity index is 2.06. The third-order valence-corrected chi connectivity index (χ3v) is 2.14. The fourth-order valence-corrected chi connectivity index (χ4v) is 1.48. The lowest BCUT2D eigenvalue weighted by Crippen LogP contribution is -2.22. The number of aromatic nitrogens is 2. The number of hydrogen-bond donors (Lipinski definition) is 2. The molecule has 17 heavy (non-hydrogen) atoms. The van der Waals surface area contributed by atoms with Gasteiger partial charge in [-0.3, -0.25) is 4.68 Å². The quantitative estimate of drug-likeness (QED) is 0.843. The maximum Gasteiger partial charge on any atom is 0.165 e. The van der Waals surface area contributed by atoms with Gasteiger partial charge in [-0.25, -0.2) is 0 Å². The Kier molecular flexibility index (Phi) is 3.30. The number of aromatic hydroxyl groups is 1. The molecule has 0 amide bonds. The standard InChI is InChI=1S/C12H15N3O2/c1-9(13)7-15-8-12(6-14-15)17-11-4-2-3-10(16)5-11/h2-6,8-9,16H,7,13H2,1H3. The molecule has 0 aliphatic rings. The Morgan fingerprint density at radius 3 is 3.00 bits per heavy atom. The third-order valence-electron chi connectivity index (χ3n) is 2.14. The Labute approximate surface area is 99.4 Å². The van der Waals surface area contributed by atoms with Gasteiger partial charge in [0.2, 0.25) is 0 Å². The summed E-state index contributed by atoms with van der Waals surface area (Å²) in [7, 11) is 0. The molecular formula is C12H15N3O2. The molecule has 1 aromatic carbocycles. The van der Waals surface area contributed by atoms with E-state index in [4.69, 9.17) is 10.5 Å². The van der Waals surface area contributed by atoms with Crippen molar-refractivity contribution in [1.82, 2.24) is 9.78 Å². The molecule has 0 aliphatic carbocycles. The summed E-state index contributed by atoms with van der Waals surface area (Å²) in [6.07, 6.45) is 3.39. The average Bonchev–Trinajstić information content (AvgIpc) is 2.64. The van der Waals surface area contributed by atoms with Crippen molar-refractivity contribution < 1.29 is 9.84 Å². The molecule has 2 aromatic rings. The van der Waals surface area contributed by atoms with Crippen LogP contribution >= 0.6 is 0 Å². The van der Waals surface area contributed by atoms with E-state index in [1.807, 2.05) is 6.92 Å². The summed E-state index contributed by atoms with van der Waals surface area (Å²) < 4.78 is 7.26. The van der Waals surface area contributed by atoms with Gasteiger partial charge < -0.3 is 15.6 Å². The zero-order valence-electron chi connectivity index (χ0n) is 9.58. The number of rotatable bonds is 4. The molecule has 1 atom stereocenters. The molecular weight excluding hydrogens is 218 g/mol. The second-order valence-electron chi connectivity index (χ2n) is 3.97. The number of nitrogens with two attached hydrogens (primary N) is 1. The lowest BCUT2D eigenvalue weighted by Gasteiger charge is -2.04. The van der Waals surface area contributed by atoms with Gasteiger partial charge in [0.1, 0.15) is 11.5 Å². The van der Waals surface area contributed by atoms with Crippen LogP contribution in [0.25, 0.3) is 0 Å². The van der Waals surface area contributed by atoms with Crippen LogP contribution in [0.4, 0.5) is 0 Å². The van der Waals surface area contributed by atoms with Crippen molar-refractivity contribution in [3.63, 3.8) is 0 Å². The minimum absolute atomic E-state index is 0.0449. The summed E-state index contributed by atoms with van der Waals surface area (Å²) in [6, 6.07) is 6.66. The number of phenolic OH excluding ortho intramolecular Hbond substituents is 1.